The summed E-state index contributed by atoms with van der Waals surface area (Å²) in [5.41, 5.74) is 2.53. The van der Waals surface area contributed by atoms with E-state index in [1.807, 2.05) is 29.3 Å². The van der Waals surface area contributed by atoms with Crippen LogP contribution >= 0.6 is 11.6 Å². The van der Waals surface area contributed by atoms with Gasteiger partial charge in [0.05, 0.1) is 28.5 Å². The van der Waals surface area contributed by atoms with E-state index in [1.54, 1.807) is 16.9 Å². The molecule has 1 aromatic heterocycles. The minimum atomic E-state index is -0.195. The van der Waals surface area contributed by atoms with Gasteiger partial charge >= 0.3 is 0 Å². The van der Waals surface area contributed by atoms with Gasteiger partial charge in [0.25, 0.3) is 5.91 Å². The first-order valence-electron chi connectivity index (χ1n) is 8.97. The number of aromatic nitrogens is 2. The van der Waals surface area contributed by atoms with Crippen molar-refractivity contribution in [3.8, 4) is 5.69 Å². The summed E-state index contributed by atoms with van der Waals surface area (Å²) in [6.07, 6.45) is 8.46. The van der Waals surface area contributed by atoms with Crippen LogP contribution in [-0.2, 0) is 4.74 Å². The van der Waals surface area contributed by atoms with Crippen molar-refractivity contribution in [1.29, 1.82) is 0 Å². The summed E-state index contributed by atoms with van der Waals surface area (Å²) in [5, 5.41) is 4.69. The second kappa shape index (κ2) is 6.89. The quantitative estimate of drug-likeness (QED) is 0.753. The first-order chi connectivity index (χ1) is 12.6. The van der Waals surface area contributed by atoms with Crippen LogP contribution in [0.1, 0.15) is 36.5 Å². The third-order valence-electron chi connectivity index (χ3n) is 5.24. The highest BCUT2D eigenvalue weighted by Gasteiger charge is 2.37. The number of hydrogen-bond donors (Lipinski definition) is 0. The predicted octanol–water partition coefficient (Wildman–Crippen LogP) is 3.87. The molecule has 0 atom stereocenters. The van der Waals surface area contributed by atoms with Crippen LogP contribution in [0.4, 0.5) is 0 Å². The zero-order valence-electron chi connectivity index (χ0n) is 14.8. The van der Waals surface area contributed by atoms with Gasteiger partial charge in [0, 0.05) is 25.5 Å². The van der Waals surface area contributed by atoms with Crippen molar-refractivity contribution in [1.82, 2.24) is 14.7 Å². The molecule has 0 aliphatic carbocycles. The fourth-order valence-corrected chi connectivity index (χ4v) is 3.97. The molecule has 0 radical (unpaired) electrons. The summed E-state index contributed by atoms with van der Waals surface area (Å²) in [5.74, 6) is -0.0321. The Bertz CT molecular complexity index is 837. The van der Waals surface area contributed by atoms with Gasteiger partial charge in [0.2, 0.25) is 0 Å². The van der Waals surface area contributed by atoms with Crippen LogP contribution in [0.5, 0.6) is 0 Å². The molecule has 2 aliphatic rings. The third-order valence-corrected chi connectivity index (χ3v) is 5.57. The molecule has 1 amide bonds. The van der Waals surface area contributed by atoms with Gasteiger partial charge in [0.15, 0.2) is 0 Å². The fraction of sp³-hybridized carbons (Fsp3) is 0.400. The largest absolute Gasteiger partial charge is 0.370 e. The van der Waals surface area contributed by atoms with E-state index >= 15 is 0 Å². The van der Waals surface area contributed by atoms with Crippen molar-refractivity contribution in [2.24, 2.45) is 0 Å². The summed E-state index contributed by atoms with van der Waals surface area (Å²) < 4.78 is 7.77. The number of carbonyl (C=O) groups is 1. The summed E-state index contributed by atoms with van der Waals surface area (Å²) in [6, 6.07) is 7.28. The Hall–Kier alpha value is -2.11. The molecule has 1 fully saturated rings. The van der Waals surface area contributed by atoms with Crippen molar-refractivity contribution < 1.29 is 9.53 Å². The molecule has 3 heterocycles. The topological polar surface area (TPSA) is 47.4 Å². The maximum Gasteiger partial charge on any atom is 0.255 e. The SMILES string of the molecule is CC1=CC2(CCN(C(=O)c3cc(-n4cccn4)ccc3Cl)CC2)OCC1. The first-order valence-corrected chi connectivity index (χ1v) is 9.35. The Morgan fingerprint density at radius 1 is 1.31 bits per heavy atom. The van der Waals surface area contributed by atoms with E-state index in [-0.39, 0.29) is 11.5 Å². The highest BCUT2D eigenvalue weighted by Crippen LogP contribution is 2.34. The van der Waals surface area contributed by atoms with Gasteiger partial charge in [-0.25, -0.2) is 4.68 Å². The van der Waals surface area contributed by atoms with E-state index in [4.69, 9.17) is 16.3 Å². The van der Waals surface area contributed by atoms with Crippen LogP contribution in [0.3, 0.4) is 0 Å². The maximum atomic E-state index is 13.0. The Labute approximate surface area is 158 Å². The third kappa shape index (κ3) is 3.29. The summed E-state index contributed by atoms with van der Waals surface area (Å²) in [7, 11) is 0. The van der Waals surface area contributed by atoms with Crippen molar-refractivity contribution in [3.05, 3.63) is 58.9 Å². The molecular formula is C20H22ClN3O2. The number of rotatable bonds is 2. The molecule has 4 rings (SSSR count). The van der Waals surface area contributed by atoms with Crippen molar-refractivity contribution in [2.45, 2.75) is 31.8 Å². The number of likely N-dealkylation sites (tertiary alicyclic amines) is 1. The maximum absolute atomic E-state index is 13.0. The predicted molar refractivity (Wildman–Crippen MR) is 101 cm³/mol. The number of amides is 1. The molecule has 26 heavy (non-hydrogen) atoms. The van der Waals surface area contributed by atoms with Gasteiger partial charge in [-0.2, -0.15) is 5.10 Å². The standard InChI is InChI=1S/C20H22ClN3O2/c1-15-5-12-26-20(14-15)6-10-23(11-7-20)19(25)17-13-16(3-4-18(17)21)24-9-2-8-22-24/h2-4,8-9,13-14H,5-7,10-12H2,1H3. The van der Waals surface area contributed by atoms with E-state index in [0.717, 1.165) is 31.6 Å². The molecular weight excluding hydrogens is 350 g/mol. The molecule has 2 aromatic rings. The van der Waals surface area contributed by atoms with E-state index < -0.39 is 0 Å². The second-order valence-electron chi connectivity index (χ2n) is 7.06. The van der Waals surface area contributed by atoms with Crippen LogP contribution in [-0.4, -0.2) is 45.9 Å². The van der Waals surface area contributed by atoms with Gasteiger partial charge in [-0.05, 0) is 50.5 Å². The summed E-state index contributed by atoms with van der Waals surface area (Å²) >= 11 is 6.32. The van der Waals surface area contributed by atoms with Crippen molar-refractivity contribution >= 4 is 17.5 Å². The van der Waals surface area contributed by atoms with Crippen LogP contribution in [0.25, 0.3) is 5.69 Å². The van der Waals surface area contributed by atoms with Gasteiger partial charge in [-0.3, -0.25) is 4.79 Å². The van der Waals surface area contributed by atoms with Gasteiger partial charge in [-0.15, -0.1) is 0 Å². The number of ether oxygens (including phenoxy) is 1. The van der Waals surface area contributed by atoms with Gasteiger partial charge in [-0.1, -0.05) is 23.3 Å². The lowest BCUT2D eigenvalue weighted by Crippen LogP contribution is -2.48. The van der Waals surface area contributed by atoms with E-state index in [0.29, 0.717) is 23.7 Å². The van der Waals surface area contributed by atoms with Gasteiger partial charge in [0.1, 0.15) is 0 Å². The number of carbonyl (C=O) groups excluding carboxylic acids is 1. The van der Waals surface area contributed by atoms with E-state index in [9.17, 15) is 4.79 Å². The molecule has 1 spiro atoms. The first kappa shape index (κ1) is 17.3. The molecule has 0 bridgehead atoms. The van der Waals surface area contributed by atoms with Crippen molar-refractivity contribution in [3.63, 3.8) is 0 Å². The Balaban J connectivity index is 1.52. The van der Waals surface area contributed by atoms with Gasteiger partial charge < -0.3 is 9.64 Å². The minimum Gasteiger partial charge on any atom is -0.370 e. The van der Waals surface area contributed by atoms with Crippen LogP contribution < -0.4 is 0 Å². The normalized spacial score (nSPS) is 19.5. The number of piperidine rings is 1. The fourth-order valence-electron chi connectivity index (χ4n) is 3.77. The molecule has 6 heteroatoms. The lowest BCUT2D eigenvalue weighted by atomic mass is 9.87. The number of benzene rings is 1. The van der Waals surface area contributed by atoms with E-state index in [1.165, 1.54) is 5.57 Å². The zero-order chi connectivity index (χ0) is 18.1. The molecule has 0 saturated carbocycles. The number of halogens is 1. The second-order valence-corrected chi connectivity index (χ2v) is 7.47. The summed E-state index contributed by atoms with van der Waals surface area (Å²) in [4.78, 5) is 14.9. The molecule has 136 valence electrons. The molecule has 2 aliphatic heterocycles. The lowest BCUT2D eigenvalue weighted by Gasteiger charge is -2.42. The minimum absolute atomic E-state index is 0.0321. The number of nitrogens with zero attached hydrogens (tertiary/aromatic N) is 3. The average Bonchev–Trinajstić information content (AvgIpc) is 3.17. The molecule has 1 aromatic carbocycles. The Morgan fingerprint density at radius 3 is 2.81 bits per heavy atom. The van der Waals surface area contributed by atoms with Crippen LogP contribution in [0.15, 0.2) is 48.3 Å². The van der Waals surface area contributed by atoms with Crippen LogP contribution in [0, 0.1) is 0 Å². The average molecular weight is 372 g/mol. The van der Waals surface area contributed by atoms with Crippen molar-refractivity contribution in [2.75, 3.05) is 19.7 Å². The molecule has 0 unspecified atom stereocenters. The lowest BCUT2D eigenvalue weighted by molar-refractivity contribution is -0.0522. The highest BCUT2D eigenvalue weighted by molar-refractivity contribution is 6.33. The monoisotopic (exact) mass is 371 g/mol. The Morgan fingerprint density at radius 2 is 2.12 bits per heavy atom. The smallest absolute Gasteiger partial charge is 0.255 e. The zero-order valence-corrected chi connectivity index (χ0v) is 15.6. The Kier molecular flexibility index (Phi) is 4.59. The van der Waals surface area contributed by atoms with Crippen LogP contribution in [0.2, 0.25) is 5.02 Å². The molecule has 0 N–H and O–H groups in total. The summed E-state index contributed by atoms with van der Waals surface area (Å²) in [6.45, 7) is 4.27. The molecule has 5 nitrogen and oxygen atoms in total. The number of hydrogen-bond acceptors (Lipinski definition) is 3. The van der Waals surface area contributed by atoms with E-state index in [2.05, 4.69) is 18.1 Å². The highest BCUT2D eigenvalue weighted by atomic mass is 35.5. The molecule has 1 saturated heterocycles.